The lowest BCUT2D eigenvalue weighted by molar-refractivity contribution is -0.122. The van der Waals surface area contributed by atoms with Crippen LogP contribution in [0.4, 0.5) is 5.69 Å². The van der Waals surface area contributed by atoms with E-state index in [4.69, 9.17) is 5.73 Å². The van der Waals surface area contributed by atoms with E-state index >= 15 is 0 Å². The smallest absolute Gasteiger partial charge is 0.271 e. The largest absolute Gasteiger partial charge is 0.326 e. The van der Waals surface area contributed by atoms with Crippen LogP contribution >= 0.6 is 15.9 Å². The molecule has 1 aromatic rings. The van der Waals surface area contributed by atoms with Crippen molar-refractivity contribution < 1.29 is 4.79 Å². The van der Waals surface area contributed by atoms with E-state index in [0.717, 1.165) is 25.7 Å². The second kappa shape index (κ2) is 5.46. The third-order valence-electron chi connectivity index (χ3n) is 3.70. The average Bonchev–Trinajstić information content (AvgIpc) is 2.33. The first-order chi connectivity index (χ1) is 8.90. The molecule has 5 nitrogen and oxygen atoms in total. The summed E-state index contributed by atoms with van der Waals surface area (Å²) < 4.78 is 0.710. The molecule has 2 unspecified atom stereocenters. The fourth-order valence-electron chi connectivity index (χ4n) is 2.56. The molecule has 19 heavy (non-hydrogen) atoms. The number of aromatic amines is 1. The topological polar surface area (TPSA) is 88.0 Å². The highest BCUT2D eigenvalue weighted by molar-refractivity contribution is 9.10. The molecule has 0 radical (unpaired) electrons. The van der Waals surface area contributed by atoms with Crippen molar-refractivity contribution in [3.8, 4) is 0 Å². The third-order valence-corrected chi connectivity index (χ3v) is 4.15. The fraction of sp³-hybridized carbons (Fsp3) is 0.538. The summed E-state index contributed by atoms with van der Waals surface area (Å²) in [5.41, 5.74) is 5.63. The Morgan fingerprint density at radius 1 is 1.58 bits per heavy atom. The van der Waals surface area contributed by atoms with E-state index in [1.807, 2.05) is 6.92 Å². The summed E-state index contributed by atoms with van der Waals surface area (Å²) in [4.78, 5) is 26.5. The lowest BCUT2D eigenvalue weighted by atomic mass is 9.74. The van der Waals surface area contributed by atoms with E-state index in [0.29, 0.717) is 4.47 Å². The molecule has 2 atom stereocenters. The van der Waals surface area contributed by atoms with Gasteiger partial charge in [-0.15, -0.1) is 0 Å². The van der Waals surface area contributed by atoms with Crippen LogP contribution in [0.15, 0.2) is 21.5 Å². The summed E-state index contributed by atoms with van der Waals surface area (Å²) in [6, 6.07) is 1.59. The molecule has 4 N–H and O–H groups in total. The molecule has 0 aromatic carbocycles. The van der Waals surface area contributed by atoms with Crippen molar-refractivity contribution in [2.45, 2.75) is 38.1 Å². The van der Waals surface area contributed by atoms with Gasteiger partial charge < -0.3 is 16.0 Å². The molecule has 0 bridgehead atoms. The highest BCUT2D eigenvalue weighted by atomic mass is 79.9. The van der Waals surface area contributed by atoms with Gasteiger partial charge in [0.2, 0.25) is 5.91 Å². The van der Waals surface area contributed by atoms with E-state index in [2.05, 4.69) is 26.2 Å². The van der Waals surface area contributed by atoms with Gasteiger partial charge >= 0.3 is 0 Å². The van der Waals surface area contributed by atoms with E-state index < -0.39 is 5.54 Å². The van der Waals surface area contributed by atoms with Gasteiger partial charge in [-0.3, -0.25) is 9.59 Å². The van der Waals surface area contributed by atoms with Crippen LogP contribution < -0.4 is 16.6 Å². The molecular weight excluding hydrogens is 310 g/mol. The Hall–Kier alpha value is -1.14. The molecule has 1 heterocycles. The van der Waals surface area contributed by atoms with Gasteiger partial charge in [-0.1, -0.05) is 12.8 Å². The van der Waals surface area contributed by atoms with Crippen molar-refractivity contribution in [2.24, 2.45) is 11.7 Å². The van der Waals surface area contributed by atoms with Gasteiger partial charge in [0, 0.05) is 16.2 Å². The first-order valence-corrected chi connectivity index (χ1v) is 7.17. The highest BCUT2D eigenvalue weighted by Gasteiger charge is 2.37. The summed E-state index contributed by atoms with van der Waals surface area (Å²) >= 11 is 3.26. The molecule has 0 spiro atoms. The molecule has 2 rings (SSSR count). The maximum atomic E-state index is 12.3. The molecule has 1 aliphatic rings. The number of hydrogen-bond acceptors (Lipinski definition) is 3. The zero-order valence-corrected chi connectivity index (χ0v) is 12.4. The Labute approximate surface area is 120 Å². The summed E-state index contributed by atoms with van der Waals surface area (Å²) in [5, 5.41) is 2.68. The number of H-pyrrole nitrogens is 1. The van der Waals surface area contributed by atoms with E-state index in [1.165, 1.54) is 6.20 Å². The van der Waals surface area contributed by atoms with Crippen LogP contribution in [-0.4, -0.2) is 16.4 Å². The molecule has 0 saturated heterocycles. The molecule has 0 aliphatic heterocycles. The average molecular weight is 328 g/mol. The summed E-state index contributed by atoms with van der Waals surface area (Å²) in [5.74, 6) is -0.423. The number of amides is 1. The van der Waals surface area contributed by atoms with Gasteiger partial charge in [-0.25, -0.2) is 0 Å². The Balaban J connectivity index is 2.16. The molecule has 104 valence electrons. The monoisotopic (exact) mass is 327 g/mol. The van der Waals surface area contributed by atoms with Crippen LogP contribution in [0.2, 0.25) is 0 Å². The van der Waals surface area contributed by atoms with Crippen molar-refractivity contribution in [2.75, 3.05) is 5.32 Å². The van der Waals surface area contributed by atoms with E-state index in [-0.39, 0.29) is 23.1 Å². The predicted molar refractivity (Wildman–Crippen MR) is 77.9 cm³/mol. The molecular formula is C13H18BrN3O2. The number of nitrogens with two attached hydrogens (primary N) is 1. The predicted octanol–water partition coefficient (Wildman–Crippen LogP) is 1.98. The first kappa shape index (κ1) is 14.3. The second-order valence-corrected chi connectivity index (χ2v) is 6.27. The van der Waals surface area contributed by atoms with Crippen molar-refractivity contribution in [1.29, 1.82) is 0 Å². The zero-order valence-electron chi connectivity index (χ0n) is 10.8. The van der Waals surface area contributed by atoms with E-state index in [9.17, 15) is 9.59 Å². The number of halogens is 1. The third kappa shape index (κ3) is 3.25. The lowest BCUT2D eigenvalue weighted by Crippen LogP contribution is -2.51. The van der Waals surface area contributed by atoms with Gasteiger partial charge in [-0.05, 0) is 41.8 Å². The zero-order chi connectivity index (χ0) is 14.0. The lowest BCUT2D eigenvalue weighted by Gasteiger charge is -2.37. The Kier molecular flexibility index (Phi) is 4.10. The van der Waals surface area contributed by atoms with E-state index in [1.54, 1.807) is 6.07 Å². The first-order valence-electron chi connectivity index (χ1n) is 6.38. The van der Waals surface area contributed by atoms with Gasteiger partial charge in [-0.2, -0.15) is 0 Å². The Bertz CT molecular complexity index is 539. The van der Waals surface area contributed by atoms with Crippen molar-refractivity contribution in [3.63, 3.8) is 0 Å². The normalized spacial score (nSPS) is 27.0. The highest BCUT2D eigenvalue weighted by Crippen LogP contribution is 2.32. The minimum Gasteiger partial charge on any atom is -0.326 e. The fourth-order valence-corrected chi connectivity index (χ4v) is 2.90. The SMILES string of the molecule is CC1(N)CCCCC1C(=O)Nc1cc(Br)c[nH]c1=O. The Morgan fingerprint density at radius 2 is 2.32 bits per heavy atom. The number of aromatic nitrogens is 1. The number of nitrogens with one attached hydrogen (secondary N) is 2. The number of hydrogen-bond donors (Lipinski definition) is 3. The Morgan fingerprint density at radius 3 is 3.00 bits per heavy atom. The van der Waals surface area contributed by atoms with Gasteiger partial charge in [0.1, 0.15) is 5.69 Å². The van der Waals surface area contributed by atoms with Crippen molar-refractivity contribution in [3.05, 3.63) is 27.1 Å². The van der Waals surface area contributed by atoms with Crippen molar-refractivity contribution in [1.82, 2.24) is 4.98 Å². The number of anilines is 1. The molecule has 1 fully saturated rings. The number of carbonyl (C=O) groups excluding carboxylic acids is 1. The molecule has 6 heteroatoms. The number of carbonyl (C=O) groups is 1. The maximum Gasteiger partial charge on any atom is 0.271 e. The number of pyridine rings is 1. The molecule has 1 saturated carbocycles. The van der Waals surface area contributed by atoms with Crippen LogP contribution in [-0.2, 0) is 4.79 Å². The molecule has 1 aromatic heterocycles. The van der Waals surface area contributed by atoms with Gasteiger partial charge in [0.05, 0.1) is 5.92 Å². The van der Waals surface area contributed by atoms with Crippen LogP contribution in [0, 0.1) is 5.92 Å². The van der Waals surface area contributed by atoms with Crippen molar-refractivity contribution >= 4 is 27.5 Å². The summed E-state index contributed by atoms with van der Waals surface area (Å²) in [6.07, 6.45) is 5.18. The van der Waals surface area contributed by atoms with Crippen LogP contribution in [0.3, 0.4) is 0 Å². The van der Waals surface area contributed by atoms with Gasteiger partial charge in [0.25, 0.3) is 5.56 Å². The minimum atomic E-state index is -0.499. The number of rotatable bonds is 2. The van der Waals surface area contributed by atoms with Crippen LogP contribution in [0.5, 0.6) is 0 Å². The standard InChI is InChI=1S/C13H18BrN3O2/c1-13(15)5-3-2-4-9(13)11(18)17-10-6-8(14)7-16-12(10)19/h6-7,9H,2-5,15H2,1H3,(H,16,19)(H,17,18). The van der Waals surface area contributed by atoms with Gasteiger partial charge in [0.15, 0.2) is 0 Å². The summed E-state index contributed by atoms with van der Waals surface area (Å²) in [6.45, 7) is 1.90. The molecule has 1 aliphatic carbocycles. The second-order valence-electron chi connectivity index (χ2n) is 5.35. The maximum absolute atomic E-state index is 12.3. The quantitative estimate of drug-likeness (QED) is 0.776. The van der Waals surface area contributed by atoms with Crippen LogP contribution in [0.1, 0.15) is 32.6 Å². The summed E-state index contributed by atoms with van der Waals surface area (Å²) in [7, 11) is 0. The molecule has 1 amide bonds. The van der Waals surface area contributed by atoms with Crippen LogP contribution in [0.25, 0.3) is 0 Å². The minimum absolute atomic E-state index is 0.173.